The Kier molecular flexibility index (Phi) is 4.13. The molecule has 4 bridgehead atoms. The Morgan fingerprint density at radius 1 is 0.955 bits per heavy atom. The maximum Gasteiger partial charge on any atom is 0.166 e. The number of nitrogens with one attached hydrogen (secondary N) is 2. The molecule has 0 aromatic heterocycles. The third-order valence-corrected chi connectivity index (χ3v) is 7.53. The molecule has 0 aromatic rings. The molecule has 2 nitrogen and oxygen atoms in total. The maximum atomic E-state index is 5.64. The van der Waals surface area contributed by atoms with Crippen LogP contribution in [0.15, 0.2) is 0 Å². The minimum atomic E-state index is 0.546. The molecule has 5 rings (SSSR count). The van der Waals surface area contributed by atoms with Crippen molar-refractivity contribution in [1.82, 2.24) is 10.6 Å². The van der Waals surface area contributed by atoms with Gasteiger partial charge in [-0.2, -0.15) is 0 Å². The largest absolute Gasteiger partial charge is 0.360 e. The van der Waals surface area contributed by atoms with Crippen LogP contribution in [0.3, 0.4) is 0 Å². The van der Waals surface area contributed by atoms with Gasteiger partial charge in [0.2, 0.25) is 0 Å². The Labute approximate surface area is 141 Å². The number of hydrogen-bond donors (Lipinski definition) is 2. The van der Waals surface area contributed by atoms with Crippen molar-refractivity contribution in [2.24, 2.45) is 23.2 Å². The zero-order valence-corrected chi connectivity index (χ0v) is 14.9. The second-order valence-corrected chi connectivity index (χ2v) is 9.36. The molecule has 1 unspecified atom stereocenters. The molecule has 5 aliphatic rings. The van der Waals surface area contributed by atoms with Crippen LogP contribution < -0.4 is 10.6 Å². The third kappa shape index (κ3) is 2.90. The average molecular weight is 321 g/mol. The standard InChI is InChI=1S/C19H32N2S/c1-13(20-18(22)21-17-5-3-2-4-6-17)19-10-14-7-15(11-19)9-16(8-14)12-19/h13-17H,2-12H2,1H3,(H2,20,21,22). The van der Waals surface area contributed by atoms with Gasteiger partial charge in [0, 0.05) is 12.1 Å². The molecule has 5 saturated carbocycles. The predicted octanol–water partition coefficient (Wildman–Crippen LogP) is 4.39. The van der Waals surface area contributed by atoms with Crippen LogP contribution in [0, 0.1) is 23.2 Å². The first kappa shape index (κ1) is 15.2. The van der Waals surface area contributed by atoms with E-state index in [1.54, 1.807) is 0 Å². The van der Waals surface area contributed by atoms with Crippen LogP contribution in [-0.2, 0) is 0 Å². The van der Waals surface area contributed by atoms with Gasteiger partial charge in [-0.05, 0) is 93.7 Å². The fraction of sp³-hybridized carbons (Fsp3) is 0.947. The molecule has 5 fully saturated rings. The van der Waals surface area contributed by atoms with Crippen molar-refractivity contribution < 1.29 is 0 Å². The van der Waals surface area contributed by atoms with Gasteiger partial charge >= 0.3 is 0 Å². The molecule has 0 spiro atoms. The van der Waals surface area contributed by atoms with Crippen LogP contribution >= 0.6 is 12.2 Å². The van der Waals surface area contributed by atoms with Gasteiger partial charge in [0.05, 0.1) is 0 Å². The topological polar surface area (TPSA) is 24.1 Å². The van der Waals surface area contributed by atoms with E-state index in [-0.39, 0.29) is 0 Å². The van der Waals surface area contributed by atoms with Crippen molar-refractivity contribution in [3.63, 3.8) is 0 Å². The summed E-state index contributed by atoms with van der Waals surface area (Å²) in [4.78, 5) is 0. The second-order valence-electron chi connectivity index (χ2n) is 8.95. The molecule has 0 heterocycles. The first-order valence-corrected chi connectivity index (χ1v) is 10.1. The smallest absolute Gasteiger partial charge is 0.166 e. The highest BCUT2D eigenvalue weighted by Crippen LogP contribution is 2.61. The molecule has 22 heavy (non-hydrogen) atoms. The van der Waals surface area contributed by atoms with E-state index in [4.69, 9.17) is 12.2 Å². The Morgan fingerprint density at radius 2 is 1.50 bits per heavy atom. The van der Waals surface area contributed by atoms with Gasteiger partial charge in [-0.15, -0.1) is 0 Å². The van der Waals surface area contributed by atoms with Gasteiger partial charge in [0.25, 0.3) is 0 Å². The molecule has 0 aliphatic heterocycles. The summed E-state index contributed by atoms with van der Waals surface area (Å²) in [5.41, 5.74) is 0.549. The van der Waals surface area contributed by atoms with Crippen molar-refractivity contribution in [3.8, 4) is 0 Å². The normalized spacial score (nSPS) is 42.1. The van der Waals surface area contributed by atoms with Crippen molar-refractivity contribution >= 4 is 17.3 Å². The summed E-state index contributed by atoms with van der Waals surface area (Å²) in [7, 11) is 0. The van der Waals surface area contributed by atoms with Gasteiger partial charge in [-0.25, -0.2) is 0 Å². The minimum absolute atomic E-state index is 0.546. The molecule has 124 valence electrons. The second kappa shape index (κ2) is 5.96. The fourth-order valence-corrected chi connectivity index (χ4v) is 6.88. The maximum absolute atomic E-state index is 5.64. The highest BCUT2D eigenvalue weighted by Gasteiger charge is 2.53. The van der Waals surface area contributed by atoms with Crippen LogP contribution in [-0.4, -0.2) is 17.2 Å². The molecule has 0 radical (unpaired) electrons. The zero-order chi connectivity index (χ0) is 15.2. The monoisotopic (exact) mass is 320 g/mol. The van der Waals surface area contributed by atoms with Gasteiger partial charge < -0.3 is 10.6 Å². The molecule has 5 aliphatic carbocycles. The average Bonchev–Trinajstić information content (AvgIpc) is 2.46. The van der Waals surface area contributed by atoms with Crippen LogP contribution in [0.5, 0.6) is 0 Å². The van der Waals surface area contributed by atoms with Crippen molar-refractivity contribution in [1.29, 1.82) is 0 Å². The zero-order valence-electron chi connectivity index (χ0n) is 14.1. The molecule has 0 aromatic carbocycles. The van der Waals surface area contributed by atoms with E-state index in [1.165, 1.54) is 70.6 Å². The SMILES string of the molecule is CC(NC(=S)NC1CCCCC1)C12CC3CC(CC(C3)C1)C2. The van der Waals surface area contributed by atoms with Crippen molar-refractivity contribution in [2.75, 3.05) is 0 Å². The quantitative estimate of drug-likeness (QED) is 0.754. The molecule has 0 amide bonds. The Hall–Kier alpha value is -0.310. The summed E-state index contributed by atoms with van der Waals surface area (Å²) in [6.45, 7) is 2.40. The molecule has 1 atom stereocenters. The minimum Gasteiger partial charge on any atom is -0.360 e. The number of thiocarbonyl (C=S) groups is 1. The molecule has 3 heteroatoms. The fourth-order valence-electron chi connectivity index (χ4n) is 6.53. The molecule has 0 saturated heterocycles. The van der Waals surface area contributed by atoms with Gasteiger partial charge in [0.1, 0.15) is 0 Å². The Morgan fingerprint density at radius 3 is 2.05 bits per heavy atom. The van der Waals surface area contributed by atoms with E-state index in [2.05, 4.69) is 17.6 Å². The van der Waals surface area contributed by atoms with E-state index in [0.717, 1.165) is 22.9 Å². The van der Waals surface area contributed by atoms with E-state index in [9.17, 15) is 0 Å². The van der Waals surface area contributed by atoms with E-state index < -0.39 is 0 Å². The van der Waals surface area contributed by atoms with Crippen LogP contribution in [0.25, 0.3) is 0 Å². The summed E-state index contributed by atoms with van der Waals surface area (Å²) in [6, 6.07) is 1.17. The van der Waals surface area contributed by atoms with Crippen LogP contribution in [0.4, 0.5) is 0 Å². The van der Waals surface area contributed by atoms with E-state index >= 15 is 0 Å². The molecular formula is C19H32N2S. The summed E-state index contributed by atoms with van der Waals surface area (Å²) >= 11 is 5.64. The lowest BCUT2D eigenvalue weighted by atomic mass is 9.48. The lowest BCUT2D eigenvalue weighted by molar-refractivity contribution is -0.0672. The summed E-state index contributed by atoms with van der Waals surface area (Å²) in [5.74, 6) is 3.07. The number of rotatable bonds is 3. The summed E-state index contributed by atoms with van der Waals surface area (Å²) in [6.07, 6.45) is 15.7. The summed E-state index contributed by atoms with van der Waals surface area (Å²) < 4.78 is 0. The van der Waals surface area contributed by atoms with E-state index in [1.807, 2.05) is 0 Å². The van der Waals surface area contributed by atoms with Crippen molar-refractivity contribution in [3.05, 3.63) is 0 Å². The predicted molar refractivity (Wildman–Crippen MR) is 95.8 cm³/mol. The van der Waals surface area contributed by atoms with Gasteiger partial charge in [-0.3, -0.25) is 0 Å². The Bertz CT molecular complexity index is 392. The first-order chi connectivity index (χ1) is 10.6. The highest BCUT2D eigenvalue weighted by atomic mass is 32.1. The van der Waals surface area contributed by atoms with E-state index in [0.29, 0.717) is 17.5 Å². The highest BCUT2D eigenvalue weighted by molar-refractivity contribution is 7.80. The summed E-state index contributed by atoms with van der Waals surface area (Å²) in [5, 5.41) is 8.23. The van der Waals surface area contributed by atoms with Crippen molar-refractivity contribution in [2.45, 2.75) is 89.6 Å². The first-order valence-electron chi connectivity index (χ1n) is 9.70. The molecule has 2 N–H and O–H groups in total. The van der Waals surface area contributed by atoms with Crippen LogP contribution in [0.1, 0.15) is 77.6 Å². The van der Waals surface area contributed by atoms with Gasteiger partial charge in [0.15, 0.2) is 5.11 Å². The lowest BCUT2D eigenvalue weighted by Gasteiger charge is -2.59. The lowest BCUT2D eigenvalue weighted by Crippen LogP contribution is -2.57. The van der Waals surface area contributed by atoms with Crippen LogP contribution in [0.2, 0.25) is 0 Å². The third-order valence-electron chi connectivity index (χ3n) is 7.29. The Balaban J connectivity index is 1.35. The number of hydrogen-bond acceptors (Lipinski definition) is 1. The molecular weight excluding hydrogens is 288 g/mol. The van der Waals surface area contributed by atoms with Gasteiger partial charge in [-0.1, -0.05) is 19.3 Å².